The van der Waals surface area contributed by atoms with Crippen LogP contribution in [0.4, 0.5) is 0 Å². The number of hydrogen-bond acceptors (Lipinski definition) is 4. The first-order chi connectivity index (χ1) is 8.02. The Morgan fingerprint density at radius 3 is 2.88 bits per heavy atom. The van der Waals surface area contributed by atoms with Crippen LogP contribution in [0, 0.1) is 10.1 Å². The zero-order valence-electron chi connectivity index (χ0n) is 9.11. The highest BCUT2D eigenvalue weighted by atomic mass is 35.5. The highest BCUT2D eigenvalue weighted by molar-refractivity contribution is 6.41. The van der Waals surface area contributed by atoms with Crippen molar-refractivity contribution >= 4 is 23.2 Å². The van der Waals surface area contributed by atoms with Crippen molar-refractivity contribution in [2.45, 2.75) is 13.3 Å². The number of likely N-dealkylation sites (N-methyl/N-ethyl adjacent to an activating group) is 1. The van der Waals surface area contributed by atoms with E-state index in [2.05, 4.69) is 10.3 Å². The third-order valence-electron chi connectivity index (χ3n) is 1.91. The van der Waals surface area contributed by atoms with Gasteiger partial charge in [0.25, 0.3) is 6.20 Å². The van der Waals surface area contributed by atoms with Crippen LogP contribution in [0.25, 0.3) is 0 Å². The van der Waals surface area contributed by atoms with E-state index in [1.54, 1.807) is 12.3 Å². The molecule has 1 rings (SSSR count). The molecule has 5 nitrogen and oxygen atoms in total. The standard InChI is InChI=1S/C10H11Cl2N3O2/c1-2-13-8(6-15(16)17)3-7-4-9(11)10(12)14-5-7/h4-6,13H,2-3H2,1H3/b8-6+. The van der Waals surface area contributed by atoms with Crippen molar-refractivity contribution < 1.29 is 4.92 Å². The monoisotopic (exact) mass is 275 g/mol. The summed E-state index contributed by atoms with van der Waals surface area (Å²) in [5, 5.41) is 13.9. The molecule has 0 unspecified atom stereocenters. The minimum absolute atomic E-state index is 0.221. The van der Waals surface area contributed by atoms with Gasteiger partial charge in [-0.1, -0.05) is 23.2 Å². The Balaban J connectivity index is 2.86. The van der Waals surface area contributed by atoms with Gasteiger partial charge in [0.2, 0.25) is 0 Å². The van der Waals surface area contributed by atoms with E-state index in [-0.39, 0.29) is 5.15 Å². The van der Waals surface area contributed by atoms with E-state index in [9.17, 15) is 10.1 Å². The molecule has 0 amide bonds. The third kappa shape index (κ3) is 4.58. The molecule has 1 heterocycles. The van der Waals surface area contributed by atoms with Crippen molar-refractivity contribution in [3.8, 4) is 0 Å². The largest absolute Gasteiger partial charge is 0.383 e. The van der Waals surface area contributed by atoms with Crippen LogP contribution in [0.2, 0.25) is 10.2 Å². The maximum Gasteiger partial charge on any atom is 0.253 e. The lowest BCUT2D eigenvalue weighted by atomic mass is 10.1. The van der Waals surface area contributed by atoms with E-state index in [4.69, 9.17) is 23.2 Å². The van der Waals surface area contributed by atoms with Gasteiger partial charge in [-0.25, -0.2) is 4.98 Å². The summed E-state index contributed by atoms with van der Waals surface area (Å²) in [4.78, 5) is 13.8. The molecule has 0 radical (unpaired) electrons. The van der Waals surface area contributed by atoms with Crippen LogP contribution < -0.4 is 5.32 Å². The van der Waals surface area contributed by atoms with Crippen molar-refractivity contribution in [2.75, 3.05) is 6.54 Å². The van der Waals surface area contributed by atoms with Crippen LogP contribution in [0.15, 0.2) is 24.2 Å². The lowest BCUT2D eigenvalue weighted by Gasteiger charge is -2.06. The predicted molar refractivity (Wildman–Crippen MR) is 66.7 cm³/mol. The minimum Gasteiger partial charge on any atom is -0.383 e. The van der Waals surface area contributed by atoms with Crippen molar-refractivity contribution in [1.29, 1.82) is 0 Å². The van der Waals surface area contributed by atoms with Gasteiger partial charge in [0.15, 0.2) is 0 Å². The topological polar surface area (TPSA) is 68.1 Å². The third-order valence-corrected chi connectivity index (χ3v) is 2.60. The number of hydrogen-bond donors (Lipinski definition) is 1. The Morgan fingerprint density at radius 2 is 2.35 bits per heavy atom. The Morgan fingerprint density at radius 1 is 1.65 bits per heavy atom. The van der Waals surface area contributed by atoms with Gasteiger partial charge >= 0.3 is 0 Å². The normalized spacial score (nSPS) is 11.4. The molecule has 92 valence electrons. The van der Waals surface area contributed by atoms with Crippen LogP contribution in [0.3, 0.4) is 0 Å². The Labute approximate surface area is 109 Å². The van der Waals surface area contributed by atoms with Crippen LogP contribution in [0.1, 0.15) is 12.5 Å². The second-order valence-corrected chi connectivity index (χ2v) is 4.03. The summed E-state index contributed by atoms with van der Waals surface area (Å²) in [7, 11) is 0. The highest BCUT2D eigenvalue weighted by Crippen LogP contribution is 2.20. The fourth-order valence-electron chi connectivity index (χ4n) is 1.29. The van der Waals surface area contributed by atoms with Crippen LogP contribution in [0.5, 0.6) is 0 Å². The van der Waals surface area contributed by atoms with Crippen LogP contribution in [-0.4, -0.2) is 16.5 Å². The maximum atomic E-state index is 10.4. The molecule has 0 aliphatic carbocycles. The fourth-order valence-corrected chi connectivity index (χ4v) is 1.58. The first kappa shape index (κ1) is 13.7. The zero-order valence-corrected chi connectivity index (χ0v) is 10.6. The summed E-state index contributed by atoms with van der Waals surface area (Å²) >= 11 is 11.5. The Kier molecular flexibility index (Phi) is 5.18. The molecule has 0 spiro atoms. The molecule has 17 heavy (non-hydrogen) atoms. The van der Waals surface area contributed by atoms with Gasteiger partial charge in [0.05, 0.1) is 15.6 Å². The first-order valence-electron chi connectivity index (χ1n) is 4.91. The zero-order chi connectivity index (χ0) is 12.8. The molecule has 0 atom stereocenters. The van der Waals surface area contributed by atoms with Crippen LogP contribution >= 0.6 is 23.2 Å². The minimum atomic E-state index is -0.497. The molecular weight excluding hydrogens is 265 g/mol. The van der Waals surface area contributed by atoms with Gasteiger partial charge in [0.1, 0.15) is 5.15 Å². The average Bonchev–Trinajstić information content (AvgIpc) is 2.23. The lowest BCUT2D eigenvalue weighted by molar-refractivity contribution is -0.403. The molecule has 1 aromatic rings. The van der Waals surface area contributed by atoms with Crippen LogP contribution in [-0.2, 0) is 6.42 Å². The maximum absolute atomic E-state index is 10.4. The summed E-state index contributed by atoms with van der Waals surface area (Å²) in [5.74, 6) is 0. The Bertz CT molecular complexity index is 449. The molecule has 0 aliphatic heterocycles. The molecule has 1 N–H and O–H groups in total. The van der Waals surface area contributed by atoms with Crippen molar-refractivity contribution in [1.82, 2.24) is 10.3 Å². The van der Waals surface area contributed by atoms with E-state index in [1.165, 1.54) is 0 Å². The van der Waals surface area contributed by atoms with Gasteiger partial charge in [-0.15, -0.1) is 0 Å². The molecule has 0 saturated heterocycles. The first-order valence-corrected chi connectivity index (χ1v) is 5.66. The summed E-state index contributed by atoms with van der Waals surface area (Å²) in [6.45, 7) is 2.47. The summed E-state index contributed by atoms with van der Waals surface area (Å²) in [5.41, 5.74) is 1.26. The number of nitro groups is 1. The summed E-state index contributed by atoms with van der Waals surface area (Å²) < 4.78 is 0. The lowest BCUT2D eigenvalue weighted by Crippen LogP contribution is -2.15. The highest BCUT2D eigenvalue weighted by Gasteiger charge is 2.06. The fraction of sp³-hybridized carbons (Fsp3) is 0.300. The van der Waals surface area contributed by atoms with Crippen molar-refractivity contribution in [3.05, 3.63) is 50.0 Å². The smallest absolute Gasteiger partial charge is 0.253 e. The summed E-state index contributed by atoms with van der Waals surface area (Å²) in [6.07, 6.45) is 2.84. The molecular formula is C10H11Cl2N3O2. The van der Waals surface area contributed by atoms with Crippen molar-refractivity contribution in [3.63, 3.8) is 0 Å². The van der Waals surface area contributed by atoms with E-state index >= 15 is 0 Å². The van der Waals surface area contributed by atoms with E-state index < -0.39 is 4.92 Å². The number of nitrogens with one attached hydrogen (secondary N) is 1. The number of nitrogens with zero attached hydrogens (tertiary/aromatic N) is 2. The van der Waals surface area contributed by atoms with E-state index in [0.29, 0.717) is 23.7 Å². The summed E-state index contributed by atoms with van der Waals surface area (Å²) in [6, 6.07) is 1.64. The molecule has 0 bridgehead atoms. The second kappa shape index (κ2) is 6.42. The number of aromatic nitrogens is 1. The molecule has 1 aromatic heterocycles. The second-order valence-electron chi connectivity index (χ2n) is 3.26. The van der Waals surface area contributed by atoms with E-state index in [1.807, 2.05) is 6.92 Å². The molecule has 0 saturated carbocycles. The van der Waals surface area contributed by atoms with Gasteiger partial charge in [-0.05, 0) is 18.6 Å². The molecule has 0 fully saturated rings. The Hall–Kier alpha value is -1.33. The van der Waals surface area contributed by atoms with Gasteiger partial charge in [0, 0.05) is 19.2 Å². The average molecular weight is 276 g/mol. The van der Waals surface area contributed by atoms with Gasteiger partial charge < -0.3 is 5.32 Å². The van der Waals surface area contributed by atoms with Crippen molar-refractivity contribution in [2.24, 2.45) is 0 Å². The van der Waals surface area contributed by atoms with Gasteiger partial charge in [-0.3, -0.25) is 10.1 Å². The van der Waals surface area contributed by atoms with E-state index in [0.717, 1.165) is 11.8 Å². The SMILES string of the molecule is CCN/C(=C/[N+](=O)[O-])Cc1cnc(Cl)c(Cl)c1. The number of rotatable bonds is 5. The number of allylic oxidation sites excluding steroid dienone is 1. The number of halogens is 2. The molecule has 0 aromatic carbocycles. The number of pyridine rings is 1. The predicted octanol–water partition coefficient (Wildman–Crippen LogP) is 2.66. The van der Waals surface area contributed by atoms with Gasteiger partial charge in [-0.2, -0.15) is 0 Å². The molecule has 0 aliphatic rings. The molecule has 7 heteroatoms. The quantitative estimate of drug-likeness (QED) is 0.510.